The molecule has 0 spiro atoms. The zero-order valence-corrected chi connectivity index (χ0v) is 22.8. The summed E-state index contributed by atoms with van der Waals surface area (Å²) in [7, 11) is -1.65. The summed E-state index contributed by atoms with van der Waals surface area (Å²) in [6, 6.07) is 33.6. The average molecular weight is 562 g/mol. The molecule has 0 fully saturated rings. The monoisotopic (exact) mass is 560 g/mol. The molecule has 36 heavy (non-hydrogen) atoms. The smallest absolute Gasteiger partial charge is 0.344 e. The molecule has 0 N–H and O–H groups in total. The highest BCUT2D eigenvalue weighted by Crippen LogP contribution is 2.74. The maximum Gasteiger partial charge on any atom is 0.344 e. The largest absolute Gasteiger partial charge is 0.481 e. The number of hydrogen-bond donors (Lipinski definition) is 0. The van der Waals surface area contributed by atoms with E-state index in [4.69, 9.17) is 9.47 Å². The first kappa shape index (κ1) is 24.7. The quantitative estimate of drug-likeness (QED) is 0.212. The van der Waals surface area contributed by atoms with Gasteiger partial charge in [0, 0.05) is 14.7 Å². The molecule has 1 aliphatic rings. The van der Waals surface area contributed by atoms with Crippen molar-refractivity contribution in [1.82, 2.24) is 0 Å². The second-order valence-corrected chi connectivity index (χ2v) is 14.5. The van der Waals surface area contributed by atoms with E-state index >= 15 is 0 Å². The van der Waals surface area contributed by atoms with Crippen molar-refractivity contribution in [3.05, 3.63) is 119 Å². The van der Waals surface area contributed by atoms with E-state index in [9.17, 15) is 4.79 Å². The van der Waals surface area contributed by atoms with E-state index in [0.29, 0.717) is 0 Å². The minimum absolute atomic E-state index is 0.108. The van der Waals surface area contributed by atoms with Crippen molar-refractivity contribution in [3.63, 3.8) is 0 Å². The zero-order chi connectivity index (χ0) is 25.1. The van der Waals surface area contributed by atoms with Gasteiger partial charge in [-0.05, 0) is 100 Å². The number of esters is 1. The molecule has 0 bridgehead atoms. The van der Waals surface area contributed by atoms with E-state index in [0.717, 1.165) is 35.3 Å². The summed E-state index contributed by atoms with van der Waals surface area (Å²) in [6.45, 7) is 3.96. The summed E-state index contributed by atoms with van der Waals surface area (Å²) < 4.78 is 11.8. The van der Waals surface area contributed by atoms with E-state index < -0.39 is 8.46 Å². The van der Waals surface area contributed by atoms with Crippen LogP contribution in [0.25, 0.3) is 0 Å². The Balaban J connectivity index is 1.37. The Kier molecular flexibility index (Phi) is 7.22. The number of halogens is 1. The second kappa shape index (κ2) is 10.5. The summed E-state index contributed by atoms with van der Waals surface area (Å²) in [5.74, 6) is 0.395. The number of rotatable bonds is 7. The molecule has 0 aromatic heterocycles. The first-order valence-electron chi connectivity index (χ1n) is 12.1. The van der Waals surface area contributed by atoms with Gasteiger partial charge in [-0.2, -0.15) is 0 Å². The maximum absolute atomic E-state index is 12.7. The van der Waals surface area contributed by atoms with Crippen LogP contribution in [0.1, 0.15) is 34.8 Å². The number of aryl methyl sites for hydroxylation is 3. The van der Waals surface area contributed by atoms with Crippen molar-refractivity contribution in [2.45, 2.75) is 47.5 Å². The second-order valence-electron chi connectivity index (χ2n) is 9.05. The lowest BCUT2D eigenvalue weighted by molar-refractivity contribution is -0.151. The van der Waals surface area contributed by atoms with Gasteiger partial charge in [0.2, 0.25) is 0 Å². The van der Waals surface area contributed by atoms with Crippen molar-refractivity contribution in [2.75, 3.05) is 6.61 Å². The van der Waals surface area contributed by atoms with E-state index in [1.165, 1.54) is 20.2 Å². The van der Waals surface area contributed by atoms with E-state index in [2.05, 4.69) is 81.5 Å². The predicted molar refractivity (Wildman–Crippen MR) is 149 cm³/mol. The van der Waals surface area contributed by atoms with Gasteiger partial charge in [0.1, 0.15) is 11.9 Å². The Morgan fingerprint density at radius 2 is 1.39 bits per heavy atom. The number of carbonyl (C=O) groups excluding carboxylic acids is 1. The molecule has 1 unspecified atom stereocenters. The third-order valence-corrected chi connectivity index (χ3v) is 12.7. The van der Waals surface area contributed by atoms with Crippen LogP contribution < -0.4 is 4.74 Å². The fraction of sp³-hybridized carbons (Fsp3) is 0.194. The van der Waals surface area contributed by atoms with Gasteiger partial charge in [0.15, 0.2) is 6.61 Å². The molecule has 0 saturated carbocycles. The number of hydrogen-bond acceptors (Lipinski definition) is 3. The Morgan fingerprint density at radius 1 is 0.833 bits per heavy atom. The van der Waals surface area contributed by atoms with Crippen LogP contribution in [0.15, 0.2) is 112 Å². The molecule has 0 aliphatic heterocycles. The van der Waals surface area contributed by atoms with Crippen LogP contribution in [0.3, 0.4) is 0 Å². The van der Waals surface area contributed by atoms with E-state index in [1.807, 2.05) is 44.2 Å². The molecule has 0 heterocycles. The lowest BCUT2D eigenvalue weighted by atomic mass is 10.1. The van der Waals surface area contributed by atoms with E-state index in [-0.39, 0.29) is 18.7 Å². The highest BCUT2D eigenvalue weighted by molar-refractivity contribution is 9.58. The highest BCUT2D eigenvalue weighted by Gasteiger charge is 2.30. The molecule has 184 valence electrons. The molecule has 4 aromatic carbocycles. The van der Waals surface area contributed by atoms with Crippen LogP contribution in [0.5, 0.6) is 5.75 Å². The minimum Gasteiger partial charge on any atom is -0.481 e. The Labute approximate surface area is 222 Å². The van der Waals surface area contributed by atoms with Gasteiger partial charge >= 0.3 is 5.97 Å². The van der Waals surface area contributed by atoms with Crippen LogP contribution in [0.4, 0.5) is 0 Å². The Bertz CT molecular complexity index is 1310. The number of benzene rings is 4. The SMILES string of the molecule is Cc1cc(S(Br)(c2ccccc2)c2ccccc2)cc(C)c1OCC(=O)OC1CCc2ccccc21. The molecular weight excluding hydrogens is 532 g/mol. The molecule has 1 atom stereocenters. The standard InChI is InChI=1S/C31H29BrO3S/c1-22-19-27(36(32,25-12-5-3-6-13-25)26-14-7-4-8-15-26)20-23(2)31(22)34-21-30(33)35-29-18-17-24-11-9-10-16-28(24)29/h3-16,19-20,29H,17-18,21H2,1-2H3. The number of ether oxygens (including phenoxy) is 2. The summed E-state index contributed by atoms with van der Waals surface area (Å²) in [4.78, 5) is 16.3. The lowest BCUT2D eigenvalue weighted by Crippen LogP contribution is -2.18. The summed E-state index contributed by atoms with van der Waals surface area (Å²) in [5.41, 5.74) is 4.36. The van der Waals surface area contributed by atoms with Crippen LogP contribution >= 0.6 is 23.3 Å². The molecular formula is C31H29BrO3S. The van der Waals surface area contributed by atoms with Crippen LogP contribution in [0.2, 0.25) is 0 Å². The number of fused-ring (bicyclic) bond motifs is 1. The topological polar surface area (TPSA) is 35.5 Å². The maximum atomic E-state index is 12.7. The van der Waals surface area contributed by atoms with Gasteiger partial charge in [-0.1, -0.05) is 60.7 Å². The van der Waals surface area contributed by atoms with Gasteiger partial charge in [-0.15, -0.1) is 8.46 Å². The van der Waals surface area contributed by atoms with Gasteiger partial charge in [0.25, 0.3) is 0 Å². The minimum atomic E-state index is -1.65. The van der Waals surface area contributed by atoms with Crippen LogP contribution in [-0.4, -0.2) is 12.6 Å². The van der Waals surface area contributed by atoms with Crippen molar-refractivity contribution in [3.8, 4) is 5.75 Å². The molecule has 0 amide bonds. The van der Waals surface area contributed by atoms with Crippen molar-refractivity contribution < 1.29 is 14.3 Å². The summed E-state index contributed by atoms with van der Waals surface area (Å²) in [6.07, 6.45) is 1.58. The fourth-order valence-electron chi connectivity index (χ4n) is 4.89. The van der Waals surface area contributed by atoms with Gasteiger partial charge in [-0.25, -0.2) is 4.79 Å². The Hall–Kier alpha value is -3.02. The molecule has 0 radical (unpaired) electrons. The molecule has 5 heteroatoms. The van der Waals surface area contributed by atoms with E-state index in [1.54, 1.807) is 0 Å². The van der Waals surface area contributed by atoms with Crippen molar-refractivity contribution in [2.24, 2.45) is 0 Å². The van der Waals surface area contributed by atoms with Crippen molar-refractivity contribution in [1.29, 1.82) is 0 Å². The average Bonchev–Trinajstić information content (AvgIpc) is 3.31. The van der Waals surface area contributed by atoms with Gasteiger partial charge in [0.05, 0.1) is 0 Å². The first-order valence-corrected chi connectivity index (χ1v) is 15.6. The Morgan fingerprint density at radius 3 is 2.00 bits per heavy atom. The molecule has 3 nitrogen and oxygen atoms in total. The van der Waals surface area contributed by atoms with Crippen LogP contribution in [-0.2, 0) is 16.0 Å². The highest BCUT2D eigenvalue weighted by atomic mass is 79.9. The molecule has 1 aliphatic carbocycles. The van der Waals surface area contributed by atoms with Gasteiger partial charge < -0.3 is 9.47 Å². The summed E-state index contributed by atoms with van der Waals surface area (Å²) in [5, 5.41) is 0. The third kappa shape index (κ3) is 4.82. The summed E-state index contributed by atoms with van der Waals surface area (Å²) >= 11 is 4.20. The normalized spacial score (nSPS) is 15.2. The molecule has 4 aromatic rings. The fourth-order valence-corrected chi connectivity index (χ4v) is 9.30. The van der Waals surface area contributed by atoms with Crippen LogP contribution in [0, 0.1) is 13.8 Å². The zero-order valence-electron chi connectivity index (χ0n) is 20.4. The molecule has 5 rings (SSSR count). The molecule has 0 saturated heterocycles. The van der Waals surface area contributed by atoms with Crippen molar-refractivity contribution >= 4 is 29.2 Å². The number of carbonyl (C=O) groups is 1. The third-order valence-electron chi connectivity index (χ3n) is 6.58. The first-order chi connectivity index (χ1) is 17.5. The predicted octanol–water partition coefficient (Wildman–Crippen LogP) is 8.50. The lowest BCUT2D eigenvalue weighted by Gasteiger charge is -2.35. The van der Waals surface area contributed by atoms with Gasteiger partial charge in [-0.3, -0.25) is 0 Å².